The number of benzene rings is 2. The predicted octanol–water partition coefficient (Wildman–Crippen LogP) is 3.96. The highest BCUT2D eigenvalue weighted by molar-refractivity contribution is 6.04. The van der Waals surface area contributed by atoms with Crippen LogP contribution in [0.1, 0.15) is 28.4 Å². The summed E-state index contributed by atoms with van der Waals surface area (Å²) in [5.74, 6) is 1.01. The molecule has 0 unspecified atom stereocenters. The first-order chi connectivity index (χ1) is 10.5. The third-order valence-electron chi connectivity index (χ3n) is 3.49. The summed E-state index contributed by atoms with van der Waals surface area (Å²) >= 11 is 0. The van der Waals surface area contributed by atoms with Gasteiger partial charge in [0.1, 0.15) is 0 Å². The minimum absolute atomic E-state index is 0.174. The van der Waals surface area contributed by atoms with Crippen molar-refractivity contribution >= 4 is 11.6 Å². The Bertz CT molecular complexity index is 680. The van der Waals surface area contributed by atoms with Gasteiger partial charge in [-0.05, 0) is 62.2 Å². The fourth-order valence-corrected chi connectivity index (χ4v) is 2.11. The first-order valence-corrected chi connectivity index (χ1v) is 7.24. The summed E-state index contributed by atoms with van der Waals surface area (Å²) in [4.78, 5) is 12.4. The molecule has 2 rings (SSSR count). The highest BCUT2D eigenvalue weighted by Gasteiger charge is 2.11. The molecule has 0 saturated carbocycles. The minimum atomic E-state index is -0.174. The van der Waals surface area contributed by atoms with Gasteiger partial charge in [-0.3, -0.25) is 4.79 Å². The Morgan fingerprint density at radius 1 is 1.05 bits per heavy atom. The summed E-state index contributed by atoms with van der Waals surface area (Å²) in [5, 5.41) is 2.90. The topological polar surface area (TPSA) is 47.6 Å². The van der Waals surface area contributed by atoms with Crippen molar-refractivity contribution in [1.29, 1.82) is 0 Å². The van der Waals surface area contributed by atoms with E-state index < -0.39 is 0 Å². The van der Waals surface area contributed by atoms with Crippen LogP contribution in [0.15, 0.2) is 36.4 Å². The zero-order valence-corrected chi connectivity index (χ0v) is 13.4. The average Bonchev–Trinajstić information content (AvgIpc) is 2.51. The first-order valence-electron chi connectivity index (χ1n) is 7.24. The lowest BCUT2D eigenvalue weighted by atomic mass is 10.1. The molecule has 4 nitrogen and oxygen atoms in total. The van der Waals surface area contributed by atoms with Crippen molar-refractivity contribution in [3.63, 3.8) is 0 Å². The lowest BCUT2D eigenvalue weighted by Gasteiger charge is -2.12. The van der Waals surface area contributed by atoms with E-state index in [-0.39, 0.29) is 5.91 Å². The highest BCUT2D eigenvalue weighted by atomic mass is 16.5. The maximum atomic E-state index is 12.4. The molecule has 0 spiro atoms. The number of methoxy groups -OCH3 is 1. The Morgan fingerprint density at radius 2 is 1.82 bits per heavy atom. The molecule has 0 radical (unpaired) electrons. The van der Waals surface area contributed by atoms with Crippen molar-refractivity contribution in [2.24, 2.45) is 0 Å². The molecule has 0 aliphatic rings. The number of carbonyl (C=O) groups excluding carboxylic acids is 1. The maximum Gasteiger partial charge on any atom is 0.255 e. The summed E-state index contributed by atoms with van der Waals surface area (Å²) < 4.78 is 10.7. The molecule has 2 aromatic carbocycles. The van der Waals surface area contributed by atoms with Crippen LogP contribution in [0, 0.1) is 13.8 Å². The molecule has 1 amide bonds. The first kappa shape index (κ1) is 15.9. The Morgan fingerprint density at radius 3 is 2.45 bits per heavy atom. The van der Waals surface area contributed by atoms with Crippen molar-refractivity contribution in [2.45, 2.75) is 20.8 Å². The summed E-state index contributed by atoms with van der Waals surface area (Å²) in [6.45, 7) is 6.46. The monoisotopic (exact) mass is 299 g/mol. The van der Waals surface area contributed by atoms with Crippen molar-refractivity contribution in [2.75, 3.05) is 19.0 Å². The molecule has 0 bridgehead atoms. The van der Waals surface area contributed by atoms with Crippen LogP contribution in [0.5, 0.6) is 11.5 Å². The van der Waals surface area contributed by atoms with Crippen LogP contribution in [0.4, 0.5) is 5.69 Å². The van der Waals surface area contributed by atoms with Crippen molar-refractivity contribution < 1.29 is 14.3 Å². The normalized spacial score (nSPS) is 10.2. The minimum Gasteiger partial charge on any atom is -0.493 e. The third-order valence-corrected chi connectivity index (χ3v) is 3.49. The van der Waals surface area contributed by atoms with Gasteiger partial charge in [-0.15, -0.1) is 0 Å². The Balaban J connectivity index is 2.21. The van der Waals surface area contributed by atoms with E-state index >= 15 is 0 Å². The number of amides is 1. The average molecular weight is 299 g/mol. The van der Waals surface area contributed by atoms with Gasteiger partial charge in [0.2, 0.25) is 0 Å². The second-order valence-corrected chi connectivity index (χ2v) is 5.05. The highest BCUT2D eigenvalue weighted by Crippen LogP contribution is 2.28. The number of carbonyl (C=O) groups is 1. The van der Waals surface area contributed by atoms with E-state index in [0.29, 0.717) is 23.7 Å². The van der Waals surface area contributed by atoms with Crippen LogP contribution in [0.3, 0.4) is 0 Å². The summed E-state index contributed by atoms with van der Waals surface area (Å²) in [6, 6.07) is 11.0. The second kappa shape index (κ2) is 6.98. The second-order valence-electron chi connectivity index (χ2n) is 5.05. The molecule has 0 aliphatic heterocycles. The Labute approximate surface area is 131 Å². The molecule has 0 aliphatic carbocycles. The molecule has 1 N–H and O–H groups in total. The van der Waals surface area contributed by atoms with Gasteiger partial charge < -0.3 is 14.8 Å². The SMILES string of the molecule is CCOc1cc(C(=O)Nc2ccc(C)c(C)c2)ccc1OC. The lowest BCUT2D eigenvalue weighted by Crippen LogP contribution is -2.12. The fraction of sp³-hybridized carbons (Fsp3) is 0.278. The van der Waals surface area contributed by atoms with Crippen LogP contribution >= 0.6 is 0 Å². The summed E-state index contributed by atoms with van der Waals surface area (Å²) in [5.41, 5.74) is 3.65. The van der Waals surface area contributed by atoms with E-state index in [9.17, 15) is 4.79 Å². The standard InChI is InChI=1S/C18H21NO3/c1-5-22-17-11-14(7-9-16(17)21-4)18(20)19-15-8-6-12(2)13(3)10-15/h6-11H,5H2,1-4H3,(H,19,20). The van der Waals surface area contributed by atoms with Crippen LogP contribution in [-0.4, -0.2) is 19.6 Å². The van der Waals surface area contributed by atoms with Gasteiger partial charge in [0.15, 0.2) is 11.5 Å². The maximum absolute atomic E-state index is 12.4. The molecule has 0 saturated heterocycles. The van der Waals surface area contributed by atoms with E-state index in [4.69, 9.17) is 9.47 Å². The molecule has 0 atom stereocenters. The van der Waals surface area contributed by atoms with Gasteiger partial charge in [-0.1, -0.05) is 6.07 Å². The molecule has 2 aromatic rings. The molecule has 22 heavy (non-hydrogen) atoms. The summed E-state index contributed by atoms with van der Waals surface area (Å²) in [7, 11) is 1.58. The number of hydrogen-bond donors (Lipinski definition) is 1. The largest absolute Gasteiger partial charge is 0.493 e. The molecule has 4 heteroatoms. The quantitative estimate of drug-likeness (QED) is 0.909. The number of ether oxygens (including phenoxy) is 2. The molecule has 0 fully saturated rings. The van der Waals surface area contributed by atoms with E-state index in [2.05, 4.69) is 5.32 Å². The van der Waals surface area contributed by atoms with Crippen molar-refractivity contribution in [1.82, 2.24) is 0 Å². The Kier molecular flexibility index (Phi) is 5.04. The van der Waals surface area contributed by atoms with Gasteiger partial charge >= 0.3 is 0 Å². The van der Waals surface area contributed by atoms with Crippen LogP contribution in [0.25, 0.3) is 0 Å². The van der Waals surface area contributed by atoms with Gasteiger partial charge in [0.25, 0.3) is 5.91 Å². The van der Waals surface area contributed by atoms with Crippen molar-refractivity contribution in [3.8, 4) is 11.5 Å². The van der Waals surface area contributed by atoms with Crippen LogP contribution in [-0.2, 0) is 0 Å². The van der Waals surface area contributed by atoms with E-state index in [1.54, 1.807) is 25.3 Å². The fourth-order valence-electron chi connectivity index (χ4n) is 2.11. The van der Waals surface area contributed by atoms with E-state index in [1.807, 2.05) is 39.0 Å². The number of aryl methyl sites for hydroxylation is 2. The molecule has 0 heterocycles. The number of nitrogens with one attached hydrogen (secondary N) is 1. The van der Waals surface area contributed by atoms with Gasteiger partial charge in [-0.2, -0.15) is 0 Å². The third kappa shape index (κ3) is 3.58. The smallest absolute Gasteiger partial charge is 0.255 e. The van der Waals surface area contributed by atoms with Gasteiger partial charge in [0.05, 0.1) is 13.7 Å². The zero-order valence-electron chi connectivity index (χ0n) is 13.4. The van der Waals surface area contributed by atoms with Gasteiger partial charge in [0, 0.05) is 11.3 Å². The summed E-state index contributed by atoms with van der Waals surface area (Å²) in [6.07, 6.45) is 0. The number of hydrogen-bond acceptors (Lipinski definition) is 3. The number of rotatable bonds is 5. The molecule has 0 aromatic heterocycles. The van der Waals surface area contributed by atoms with Crippen LogP contribution in [0.2, 0.25) is 0 Å². The zero-order chi connectivity index (χ0) is 16.1. The van der Waals surface area contributed by atoms with Crippen molar-refractivity contribution in [3.05, 3.63) is 53.1 Å². The van der Waals surface area contributed by atoms with Crippen LogP contribution < -0.4 is 14.8 Å². The van der Waals surface area contributed by atoms with Gasteiger partial charge in [-0.25, -0.2) is 0 Å². The molecular formula is C18H21NO3. The van der Waals surface area contributed by atoms with E-state index in [1.165, 1.54) is 5.56 Å². The number of anilines is 1. The lowest BCUT2D eigenvalue weighted by molar-refractivity contribution is 0.102. The van der Waals surface area contributed by atoms with E-state index in [0.717, 1.165) is 11.3 Å². The predicted molar refractivity (Wildman–Crippen MR) is 88.0 cm³/mol. The Hall–Kier alpha value is -2.49. The molecule has 116 valence electrons. The molecular weight excluding hydrogens is 278 g/mol.